The fourth-order valence-corrected chi connectivity index (χ4v) is 3.70. The summed E-state index contributed by atoms with van der Waals surface area (Å²) in [6.45, 7) is 3.43. The van der Waals surface area contributed by atoms with Crippen molar-refractivity contribution in [3.63, 3.8) is 0 Å². The number of hydrogen-bond acceptors (Lipinski definition) is 5. The maximum atomic E-state index is 12.6. The van der Waals surface area contributed by atoms with Crippen LogP contribution >= 0.6 is 11.6 Å². The molecule has 0 fully saturated rings. The number of nitrogens with zero attached hydrogens (tertiary/aromatic N) is 1. The van der Waals surface area contributed by atoms with Gasteiger partial charge in [-0.3, -0.25) is 4.72 Å². The third-order valence-electron chi connectivity index (χ3n) is 3.21. The zero-order chi connectivity index (χ0) is 16.6. The quantitative estimate of drug-likeness (QED) is 0.766. The third kappa shape index (κ3) is 3.11. The first-order chi connectivity index (χ1) is 10.9. The van der Waals surface area contributed by atoms with Crippen LogP contribution in [0.3, 0.4) is 0 Å². The van der Waals surface area contributed by atoms with Crippen LogP contribution in [0.4, 0.5) is 5.69 Å². The summed E-state index contributed by atoms with van der Waals surface area (Å²) in [5.74, 6) is 0.880. The van der Waals surface area contributed by atoms with Crippen molar-refractivity contribution in [3.8, 4) is 11.5 Å². The second-order valence-electron chi connectivity index (χ2n) is 5.00. The van der Waals surface area contributed by atoms with Crippen LogP contribution in [0.5, 0.6) is 0 Å². The van der Waals surface area contributed by atoms with Gasteiger partial charge >= 0.3 is 0 Å². The first-order valence-corrected chi connectivity index (χ1v) is 8.53. The molecule has 0 spiro atoms. The first-order valence-electron chi connectivity index (χ1n) is 6.67. The predicted molar refractivity (Wildman–Crippen MR) is 85.9 cm³/mol. The summed E-state index contributed by atoms with van der Waals surface area (Å²) in [4.78, 5) is 0.0144. The molecule has 0 saturated heterocycles. The van der Waals surface area contributed by atoms with Crippen LogP contribution < -0.4 is 4.72 Å². The van der Waals surface area contributed by atoms with Crippen molar-refractivity contribution in [2.75, 3.05) is 4.72 Å². The normalized spacial score (nSPS) is 11.6. The molecular weight excluding hydrogens is 340 g/mol. The number of hydrogen-bond donors (Lipinski definition) is 1. The lowest BCUT2D eigenvalue weighted by atomic mass is 10.2. The van der Waals surface area contributed by atoms with Crippen molar-refractivity contribution >= 4 is 27.3 Å². The molecule has 3 aromatic rings. The predicted octanol–water partition coefficient (Wildman–Crippen LogP) is 4.01. The lowest BCUT2D eigenvalue weighted by Gasteiger charge is -2.09. The maximum Gasteiger partial charge on any atom is 0.265 e. The Balaban J connectivity index is 1.97. The lowest BCUT2D eigenvalue weighted by Crippen LogP contribution is -2.13. The second kappa shape index (κ2) is 5.75. The molecule has 1 aromatic carbocycles. The fraction of sp³-hybridized carbons (Fsp3) is 0.133. The summed E-state index contributed by atoms with van der Waals surface area (Å²) < 4.78 is 38.0. The summed E-state index contributed by atoms with van der Waals surface area (Å²) in [7, 11) is -3.84. The highest BCUT2D eigenvalue weighted by molar-refractivity contribution is 7.92. The minimum absolute atomic E-state index is 0.0144. The number of aryl methyl sites for hydroxylation is 2. The van der Waals surface area contributed by atoms with Crippen LogP contribution in [-0.2, 0) is 10.0 Å². The average Bonchev–Trinajstić information content (AvgIpc) is 3.11. The number of nitrogens with one attached hydrogen (secondary N) is 1. The van der Waals surface area contributed by atoms with Gasteiger partial charge in [-0.25, -0.2) is 8.42 Å². The van der Waals surface area contributed by atoms with Gasteiger partial charge in [0, 0.05) is 12.1 Å². The van der Waals surface area contributed by atoms with Crippen LogP contribution in [0, 0.1) is 13.8 Å². The van der Waals surface area contributed by atoms with E-state index in [0.29, 0.717) is 16.5 Å². The highest BCUT2D eigenvalue weighted by atomic mass is 35.5. The van der Waals surface area contributed by atoms with Gasteiger partial charge in [0.1, 0.15) is 10.7 Å². The van der Waals surface area contributed by atoms with Gasteiger partial charge in [-0.05, 0) is 31.5 Å². The fourth-order valence-electron chi connectivity index (χ4n) is 2.10. The number of anilines is 1. The molecule has 0 radical (unpaired) electrons. The molecular formula is C15H13ClN2O4S. The summed E-state index contributed by atoms with van der Waals surface area (Å²) in [5, 5.41) is 3.89. The number of furan rings is 1. The SMILES string of the molecule is Cc1ccc(NS(=O)(=O)c2cc(-c3ccno3)oc2C)c(Cl)c1. The lowest BCUT2D eigenvalue weighted by molar-refractivity contribution is 0.414. The summed E-state index contributed by atoms with van der Waals surface area (Å²) in [6, 6.07) is 8.04. The Hall–Kier alpha value is -2.25. The van der Waals surface area contributed by atoms with Crippen LogP contribution in [0.1, 0.15) is 11.3 Å². The minimum atomic E-state index is -3.84. The smallest absolute Gasteiger partial charge is 0.265 e. The van der Waals surface area contributed by atoms with E-state index < -0.39 is 10.0 Å². The largest absolute Gasteiger partial charge is 0.456 e. The van der Waals surface area contributed by atoms with E-state index in [-0.39, 0.29) is 16.4 Å². The zero-order valence-electron chi connectivity index (χ0n) is 12.3. The van der Waals surface area contributed by atoms with Crippen molar-refractivity contribution < 1.29 is 17.4 Å². The highest BCUT2D eigenvalue weighted by Gasteiger charge is 2.24. The summed E-state index contributed by atoms with van der Waals surface area (Å²) in [6.07, 6.45) is 1.45. The minimum Gasteiger partial charge on any atom is -0.456 e. The Morgan fingerprint density at radius 3 is 2.57 bits per heavy atom. The van der Waals surface area contributed by atoms with E-state index in [1.165, 1.54) is 12.3 Å². The molecule has 0 bridgehead atoms. The molecule has 0 amide bonds. The molecule has 23 heavy (non-hydrogen) atoms. The number of rotatable bonds is 4. The van der Waals surface area contributed by atoms with Gasteiger partial charge in [0.05, 0.1) is 16.9 Å². The Morgan fingerprint density at radius 1 is 1.13 bits per heavy atom. The van der Waals surface area contributed by atoms with Crippen LogP contribution in [-0.4, -0.2) is 13.6 Å². The first kappa shape index (κ1) is 15.6. The molecule has 2 aromatic heterocycles. The van der Waals surface area contributed by atoms with E-state index in [0.717, 1.165) is 5.56 Å². The van der Waals surface area contributed by atoms with E-state index in [9.17, 15) is 8.42 Å². The molecule has 2 heterocycles. The van der Waals surface area contributed by atoms with Crippen molar-refractivity contribution in [3.05, 3.63) is 52.9 Å². The number of benzene rings is 1. The molecule has 1 N–H and O–H groups in total. The number of halogens is 1. The van der Waals surface area contributed by atoms with E-state index in [4.69, 9.17) is 20.5 Å². The van der Waals surface area contributed by atoms with E-state index in [1.54, 1.807) is 31.2 Å². The van der Waals surface area contributed by atoms with E-state index in [2.05, 4.69) is 9.88 Å². The average molecular weight is 353 g/mol. The van der Waals surface area contributed by atoms with Crippen molar-refractivity contribution in [2.45, 2.75) is 18.7 Å². The molecule has 0 aliphatic heterocycles. The van der Waals surface area contributed by atoms with Crippen molar-refractivity contribution in [2.24, 2.45) is 0 Å². The highest BCUT2D eigenvalue weighted by Crippen LogP contribution is 2.31. The maximum absolute atomic E-state index is 12.6. The van der Waals surface area contributed by atoms with Gasteiger partial charge in [-0.2, -0.15) is 0 Å². The third-order valence-corrected chi connectivity index (χ3v) is 5.00. The van der Waals surface area contributed by atoms with Gasteiger partial charge < -0.3 is 8.94 Å². The molecule has 0 saturated carbocycles. The van der Waals surface area contributed by atoms with Crippen LogP contribution in [0.25, 0.3) is 11.5 Å². The van der Waals surface area contributed by atoms with Gasteiger partial charge in [0.15, 0.2) is 5.76 Å². The zero-order valence-corrected chi connectivity index (χ0v) is 13.9. The van der Waals surface area contributed by atoms with E-state index in [1.807, 2.05) is 6.92 Å². The van der Waals surface area contributed by atoms with Crippen molar-refractivity contribution in [1.82, 2.24) is 5.16 Å². The second-order valence-corrected chi connectivity index (χ2v) is 7.05. The Kier molecular flexibility index (Phi) is 3.91. The van der Waals surface area contributed by atoms with Crippen LogP contribution in [0.2, 0.25) is 5.02 Å². The molecule has 6 nitrogen and oxygen atoms in total. The standard InChI is InChI=1S/C15H13ClN2O4S/c1-9-3-4-12(11(16)7-9)18-23(19,20)15-8-14(21-10(15)2)13-5-6-17-22-13/h3-8,18H,1-2H3. The Morgan fingerprint density at radius 2 is 1.91 bits per heavy atom. The topological polar surface area (TPSA) is 85.3 Å². The molecule has 0 aliphatic rings. The van der Waals surface area contributed by atoms with Gasteiger partial charge in [-0.1, -0.05) is 22.8 Å². The van der Waals surface area contributed by atoms with Crippen molar-refractivity contribution in [1.29, 1.82) is 0 Å². The van der Waals surface area contributed by atoms with Crippen LogP contribution in [0.15, 0.2) is 50.4 Å². The van der Waals surface area contributed by atoms with E-state index >= 15 is 0 Å². The molecule has 3 rings (SSSR count). The number of sulfonamides is 1. The Labute approximate surface area is 138 Å². The van der Waals surface area contributed by atoms with Gasteiger partial charge in [0.2, 0.25) is 5.76 Å². The monoisotopic (exact) mass is 352 g/mol. The number of aromatic nitrogens is 1. The summed E-state index contributed by atoms with van der Waals surface area (Å²) >= 11 is 6.08. The van der Waals surface area contributed by atoms with Gasteiger partial charge in [0.25, 0.3) is 10.0 Å². The summed E-state index contributed by atoms with van der Waals surface area (Å²) in [5.41, 5.74) is 1.24. The molecule has 0 aliphatic carbocycles. The molecule has 8 heteroatoms. The van der Waals surface area contributed by atoms with Gasteiger partial charge in [-0.15, -0.1) is 0 Å². The molecule has 0 atom stereocenters. The molecule has 120 valence electrons. The molecule has 0 unspecified atom stereocenters. The Bertz CT molecular complexity index is 946.